The van der Waals surface area contributed by atoms with E-state index in [0.717, 1.165) is 11.6 Å². The van der Waals surface area contributed by atoms with Crippen molar-refractivity contribution >= 4 is 23.4 Å². The van der Waals surface area contributed by atoms with E-state index in [4.69, 9.17) is 11.6 Å². The molecule has 0 amide bonds. The molecular formula is C18H20ClNS. The Morgan fingerprint density at radius 2 is 1.95 bits per heavy atom. The summed E-state index contributed by atoms with van der Waals surface area (Å²) in [5, 5.41) is 4.37. The molecule has 0 unspecified atom stereocenters. The molecule has 1 aliphatic carbocycles. The topological polar surface area (TPSA) is 12.0 Å². The maximum Gasteiger partial charge on any atom is 0.0462 e. The van der Waals surface area contributed by atoms with Crippen LogP contribution in [0.2, 0.25) is 5.02 Å². The molecule has 1 aliphatic rings. The lowest BCUT2D eigenvalue weighted by atomic mass is 10.2. The van der Waals surface area contributed by atoms with Crippen molar-refractivity contribution in [3.8, 4) is 0 Å². The Kier molecular flexibility index (Phi) is 4.58. The molecule has 3 heteroatoms. The summed E-state index contributed by atoms with van der Waals surface area (Å²) >= 11 is 8.20. The first-order chi connectivity index (χ1) is 10.1. The molecule has 0 spiro atoms. The molecule has 0 bridgehead atoms. The second-order valence-corrected chi connectivity index (χ2v) is 7.30. The van der Waals surface area contributed by atoms with Crippen LogP contribution in [0.1, 0.15) is 29.5 Å². The van der Waals surface area contributed by atoms with Crippen LogP contribution in [-0.4, -0.2) is 6.04 Å². The van der Waals surface area contributed by atoms with E-state index in [0.29, 0.717) is 6.04 Å². The fraction of sp³-hybridized carbons (Fsp3) is 0.333. The molecule has 21 heavy (non-hydrogen) atoms. The summed E-state index contributed by atoms with van der Waals surface area (Å²) in [6, 6.07) is 13.7. The van der Waals surface area contributed by atoms with Crippen molar-refractivity contribution in [1.29, 1.82) is 0 Å². The van der Waals surface area contributed by atoms with Crippen molar-refractivity contribution in [3.05, 3.63) is 58.1 Å². The standard InChI is InChI=1S/C18H20ClNS/c1-12-3-4-13(2)18(9-12)21-16-8-5-14(17(19)10-16)11-20-15-6-7-15/h3-5,8-10,15,20H,6-7,11H2,1-2H3. The number of benzene rings is 2. The molecule has 110 valence electrons. The summed E-state index contributed by atoms with van der Waals surface area (Å²) in [5.41, 5.74) is 3.79. The third kappa shape index (κ3) is 4.03. The van der Waals surface area contributed by atoms with E-state index in [1.54, 1.807) is 11.8 Å². The lowest BCUT2D eigenvalue weighted by Crippen LogP contribution is -2.15. The van der Waals surface area contributed by atoms with Gasteiger partial charge in [-0.15, -0.1) is 0 Å². The minimum Gasteiger partial charge on any atom is -0.310 e. The normalized spacial score (nSPS) is 14.4. The van der Waals surface area contributed by atoms with Gasteiger partial charge in [-0.3, -0.25) is 0 Å². The Balaban J connectivity index is 1.73. The van der Waals surface area contributed by atoms with E-state index in [2.05, 4.69) is 55.6 Å². The van der Waals surface area contributed by atoms with Gasteiger partial charge in [-0.2, -0.15) is 0 Å². The van der Waals surface area contributed by atoms with Crippen LogP contribution in [0.15, 0.2) is 46.2 Å². The molecule has 1 fully saturated rings. The molecule has 1 nitrogen and oxygen atoms in total. The molecule has 1 saturated carbocycles. The molecule has 1 N–H and O–H groups in total. The van der Waals surface area contributed by atoms with E-state index in [9.17, 15) is 0 Å². The predicted octanol–water partition coefficient (Wildman–Crippen LogP) is 5.36. The van der Waals surface area contributed by atoms with E-state index in [1.165, 1.54) is 39.3 Å². The van der Waals surface area contributed by atoms with E-state index in [1.807, 2.05) is 0 Å². The van der Waals surface area contributed by atoms with Crippen LogP contribution < -0.4 is 5.32 Å². The highest BCUT2D eigenvalue weighted by Gasteiger charge is 2.20. The zero-order chi connectivity index (χ0) is 14.8. The molecule has 2 aromatic carbocycles. The van der Waals surface area contributed by atoms with Crippen molar-refractivity contribution in [2.24, 2.45) is 0 Å². The molecule has 0 radical (unpaired) electrons. The van der Waals surface area contributed by atoms with Gasteiger partial charge in [0.1, 0.15) is 0 Å². The summed E-state index contributed by atoms with van der Waals surface area (Å²) < 4.78 is 0. The fourth-order valence-corrected chi connectivity index (χ4v) is 3.57. The molecule has 0 aliphatic heterocycles. The molecule has 0 saturated heterocycles. The summed E-state index contributed by atoms with van der Waals surface area (Å²) in [7, 11) is 0. The summed E-state index contributed by atoms with van der Waals surface area (Å²) in [5.74, 6) is 0. The largest absolute Gasteiger partial charge is 0.310 e. The van der Waals surface area contributed by atoms with Gasteiger partial charge in [0.15, 0.2) is 0 Å². The Morgan fingerprint density at radius 3 is 2.67 bits per heavy atom. The van der Waals surface area contributed by atoms with Gasteiger partial charge in [0, 0.05) is 27.4 Å². The van der Waals surface area contributed by atoms with Gasteiger partial charge in [-0.25, -0.2) is 0 Å². The Morgan fingerprint density at radius 1 is 1.14 bits per heavy atom. The van der Waals surface area contributed by atoms with Gasteiger partial charge in [-0.05, 0) is 61.6 Å². The summed E-state index contributed by atoms with van der Waals surface area (Å²) in [6.07, 6.45) is 2.61. The monoisotopic (exact) mass is 317 g/mol. The highest BCUT2D eigenvalue weighted by molar-refractivity contribution is 7.99. The highest BCUT2D eigenvalue weighted by atomic mass is 35.5. The average Bonchev–Trinajstić information content (AvgIpc) is 3.26. The van der Waals surface area contributed by atoms with Gasteiger partial charge >= 0.3 is 0 Å². The van der Waals surface area contributed by atoms with Crippen LogP contribution >= 0.6 is 23.4 Å². The second kappa shape index (κ2) is 6.43. The first-order valence-corrected chi connectivity index (χ1v) is 8.58. The molecular weight excluding hydrogens is 298 g/mol. The van der Waals surface area contributed by atoms with Crippen molar-refractivity contribution < 1.29 is 0 Å². The number of rotatable bonds is 5. The summed E-state index contributed by atoms with van der Waals surface area (Å²) in [4.78, 5) is 2.50. The maximum atomic E-state index is 6.42. The molecule has 0 atom stereocenters. The third-order valence-corrected chi connectivity index (χ3v) is 5.26. The van der Waals surface area contributed by atoms with Crippen LogP contribution in [0.25, 0.3) is 0 Å². The van der Waals surface area contributed by atoms with Gasteiger partial charge in [0.2, 0.25) is 0 Å². The quantitative estimate of drug-likeness (QED) is 0.796. The van der Waals surface area contributed by atoms with Crippen LogP contribution in [0.3, 0.4) is 0 Å². The van der Waals surface area contributed by atoms with E-state index < -0.39 is 0 Å². The predicted molar refractivity (Wildman–Crippen MR) is 91.4 cm³/mol. The molecule has 0 heterocycles. The zero-order valence-corrected chi connectivity index (χ0v) is 14.0. The number of aryl methyl sites for hydroxylation is 2. The Bertz CT molecular complexity index is 650. The van der Waals surface area contributed by atoms with Crippen molar-refractivity contribution in [1.82, 2.24) is 5.32 Å². The Hall–Kier alpha value is -0.960. The van der Waals surface area contributed by atoms with Crippen LogP contribution in [0, 0.1) is 13.8 Å². The second-order valence-electron chi connectivity index (χ2n) is 5.78. The van der Waals surface area contributed by atoms with E-state index >= 15 is 0 Å². The SMILES string of the molecule is Cc1ccc(C)c(Sc2ccc(CNC3CC3)c(Cl)c2)c1. The minimum atomic E-state index is 0.713. The van der Waals surface area contributed by atoms with Gasteiger partial charge in [0.25, 0.3) is 0 Å². The van der Waals surface area contributed by atoms with Crippen LogP contribution in [0.5, 0.6) is 0 Å². The van der Waals surface area contributed by atoms with Crippen molar-refractivity contribution in [2.75, 3.05) is 0 Å². The third-order valence-electron chi connectivity index (χ3n) is 3.75. The fourth-order valence-electron chi connectivity index (χ4n) is 2.22. The minimum absolute atomic E-state index is 0.713. The van der Waals surface area contributed by atoms with Gasteiger partial charge in [0.05, 0.1) is 0 Å². The van der Waals surface area contributed by atoms with Crippen molar-refractivity contribution in [2.45, 2.75) is 49.1 Å². The molecule has 0 aromatic heterocycles. The van der Waals surface area contributed by atoms with Crippen LogP contribution in [-0.2, 0) is 6.54 Å². The first-order valence-electron chi connectivity index (χ1n) is 7.39. The first kappa shape index (κ1) is 15.0. The highest BCUT2D eigenvalue weighted by Crippen LogP contribution is 2.33. The number of hydrogen-bond acceptors (Lipinski definition) is 2. The number of nitrogens with one attached hydrogen (secondary N) is 1. The van der Waals surface area contributed by atoms with Crippen LogP contribution in [0.4, 0.5) is 0 Å². The lowest BCUT2D eigenvalue weighted by Gasteiger charge is -2.10. The van der Waals surface area contributed by atoms with Crippen molar-refractivity contribution in [3.63, 3.8) is 0 Å². The number of halogens is 1. The summed E-state index contributed by atoms with van der Waals surface area (Å²) in [6.45, 7) is 5.15. The van der Waals surface area contributed by atoms with E-state index in [-0.39, 0.29) is 0 Å². The molecule has 2 aromatic rings. The zero-order valence-electron chi connectivity index (χ0n) is 12.4. The smallest absolute Gasteiger partial charge is 0.0462 e. The van der Waals surface area contributed by atoms with Gasteiger partial charge in [-0.1, -0.05) is 41.6 Å². The number of hydrogen-bond donors (Lipinski definition) is 1. The average molecular weight is 318 g/mol. The maximum absolute atomic E-state index is 6.42. The molecule has 3 rings (SSSR count). The lowest BCUT2D eigenvalue weighted by molar-refractivity contribution is 0.687. The van der Waals surface area contributed by atoms with Gasteiger partial charge < -0.3 is 5.32 Å². The Labute approximate surface area is 136 Å².